The average molecular weight is 463 g/mol. The van der Waals surface area contributed by atoms with Crippen molar-refractivity contribution >= 4 is 5.91 Å². The monoisotopic (exact) mass is 462 g/mol. The van der Waals surface area contributed by atoms with Gasteiger partial charge in [-0.05, 0) is 42.7 Å². The van der Waals surface area contributed by atoms with Crippen molar-refractivity contribution in [3.63, 3.8) is 0 Å². The summed E-state index contributed by atoms with van der Waals surface area (Å²) in [5.41, 5.74) is 7.40. The van der Waals surface area contributed by atoms with Crippen molar-refractivity contribution in [2.24, 2.45) is 0 Å². The van der Waals surface area contributed by atoms with Crippen LogP contribution in [0.4, 0.5) is 0 Å². The Labute approximate surface area is 204 Å². The summed E-state index contributed by atoms with van der Waals surface area (Å²) in [6, 6.07) is 24.0. The molecule has 35 heavy (non-hydrogen) atoms. The molecule has 7 heteroatoms. The van der Waals surface area contributed by atoms with Crippen LogP contribution in [0.5, 0.6) is 0 Å². The van der Waals surface area contributed by atoms with Crippen LogP contribution in [0.1, 0.15) is 32.6 Å². The predicted molar refractivity (Wildman–Crippen MR) is 135 cm³/mol. The largest absolute Gasteiger partial charge is 0.348 e. The summed E-state index contributed by atoms with van der Waals surface area (Å²) >= 11 is 0. The maximum atomic E-state index is 13.5. The van der Waals surface area contributed by atoms with Crippen LogP contribution < -0.4 is 5.32 Å². The van der Waals surface area contributed by atoms with E-state index >= 15 is 0 Å². The Bertz CT molecular complexity index is 1450. The molecule has 0 bridgehead atoms. The molecule has 0 atom stereocenters. The van der Waals surface area contributed by atoms with Gasteiger partial charge in [-0.25, -0.2) is 14.3 Å². The van der Waals surface area contributed by atoms with Crippen molar-refractivity contribution in [1.29, 1.82) is 0 Å². The molecule has 2 heterocycles. The molecule has 0 unspecified atom stereocenters. The Morgan fingerprint density at radius 1 is 0.943 bits per heavy atom. The molecule has 0 saturated carbocycles. The fraction of sp³-hybridized carbons (Fsp3) is 0.143. The molecule has 1 N–H and O–H groups in total. The van der Waals surface area contributed by atoms with Gasteiger partial charge in [-0.15, -0.1) is 0 Å². The number of carbonyl (C=O) groups excluding carboxylic acids is 1. The summed E-state index contributed by atoms with van der Waals surface area (Å²) in [6.07, 6.45) is 5.01. The van der Waals surface area contributed by atoms with E-state index in [1.165, 1.54) is 11.9 Å². The Kier molecular flexibility index (Phi) is 6.22. The molecule has 5 aromatic rings. The summed E-state index contributed by atoms with van der Waals surface area (Å²) in [5.74, 6) is -0.169. The van der Waals surface area contributed by atoms with Gasteiger partial charge in [-0.1, -0.05) is 66.2 Å². The molecule has 0 fully saturated rings. The topological polar surface area (TPSA) is 77.6 Å². The summed E-state index contributed by atoms with van der Waals surface area (Å²) in [4.78, 5) is 17.5. The fourth-order valence-electron chi connectivity index (χ4n) is 4.18. The van der Waals surface area contributed by atoms with Crippen molar-refractivity contribution in [2.45, 2.75) is 26.9 Å². The zero-order chi connectivity index (χ0) is 24.2. The van der Waals surface area contributed by atoms with E-state index in [4.69, 9.17) is 5.10 Å². The van der Waals surface area contributed by atoms with E-state index in [-0.39, 0.29) is 5.91 Å². The standard InChI is InChI=1S/C28H26N6O/c1-20-12-13-25(21(2)14-20)27-26(17-34(32-27)24-10-4-3-5-11-24)28(35)30-15-22-8-6-7-9-23(22)16-33-19-29-18-31-33/h3-14,17-19H,15-16H2,1-2H3,(H,30,35). The van der Waals surface area contributed by atoms with Gasteiger partial charge in [0.25, 0.3) is 5.91 Å². The molecule has 0 saturated heterocycles. The molecule has 1 amide bonds. The minimum atomic E-state index is -0.169. The van der Waals surface area contributed by atoms with E-state index in [0.717, 1.165) is 27.9 Å². The smallest absolute Gasteiger partial charge is 0.255 e. The third-order valence-electron chi connectivity index (χ3n) is 5.97. The lowest BCUT2D eigenvalue weighted by Crippen LogP contribution is -2.24. The average Bonchev–Trinajstić information content (AvgIpc) is 3.54. The molecular formula is C28H26N6O. The van der Waals surface area contributed by atoms with Gasteiger partial charge >= 0.3 is 0 Å². The number of hydrogen-bond donors (Lipinski definition) is 1. The molecular weight excluding hydrogens is 436 g/mol. The van der Waals surface area contributed by atoms with Gasteiger partial charge in [0, 0.05) is 18.3 Å². The fourth-order valence-corrected chi connectivity index (χ4v) is 4.18. The summed E-state index contributed by atoms with van der Waals surface area (Å²) < 4.78 is 3.53. The number of aryl methyl sites for hydroxylation is 2. The number of benzene rings is 3. The van der Waals surface area contributed by atoms with E-state index in [1.807, 2.05) is 73.7 Å². The second-order valence-corrected chi connectivity index (χ2v) is 8.53. The van der Waals surface area contributed by atoms with E-state index < -0.39 is 0 Å². The predicted octanol–water partition coefficient (Wildman–Crippen LogP) is 4.73. The normalized spacial score (nSPS) is 10.9. The highest BCUT2D eigenvalue weighted by atomic mass is 16.1. The summed E-state index contributed by atoms with van der Waals surface area (Å²) in [5, 5.41) is 12.1. The second kappa shape index (κ2) is 9.77. The molecule has 3 aromatic carbocycles. The lowest BCUT2D eigenvalue weighted by atomic mass is 10.0. The highest BCUT2D eigenvalue weighted by Crippen LogP contribution is 2.27. The number of nitrogens with zero attached hydrogens (tertiary/aromatic N) is 5. The molecule has 0 spiro atoms. The quantitative estimate of drug-likeness (QED) is 0.379. The van der Waals surface area contributed by atoms with Crippen molar-refractivity contribution in [3.8, 4) is 16.9 Å². The van der Waals surface area contributed by atoms with Crippen LogP contribution in [0.3, 0.4) is 0 Å². The molecule has 0 aliphatic carbocycles. The van der Waals surface area contributed by atoms with Gasteiger partial charge in [0.1, 0.15) is 18.3 Å². The SMILES string of the molecule is Cc1ccc(-c2nn(-c3ccccc3)cc2C(=O)NCc2ccccc2Cn2cncn2)c(C)c1. The van der Waals surface area contributed by atoms with Gasteiger partial charge in [0.2, 0.25) is 0 Å². The highest BCUT2D eigenvalue weighted by Gasteiger charge is 2.20. The van der Waals surface area contributed by atoms with Crippen LogP contribution in [0, 0.1) is 13.8 Å². The first-order valence-electron chi connectivity index (χ1n) is 11.5. The first-order valence-corrected chi connectivity index (χ1v) is 11.5. The van der Waals surface area contributed by atoms with E-state index in [2.05, 4.69) is 28.4 Å². The number of nitrogens with one attached hydrogen (secondary N) is 1. The van der Waals surface area contributed by atoms with Crippen LogP contribution in [0.15, 0.2) is 91.6 Å². The summed E-state index contributed by atoms with van der Waals surface area (Å²) in [6.45, 7) is 5.09. The van der Waals surface area contributed by atoms with Crippen LogP contribution in [-0.4, -0.2) is 30.5 Å². The second-order valence-electron chi connectivity index (χ2n) is 8.53. The molecule has 2 aromatic heterocycles. The maximum absolute atomic E-state index is 13.5. The number of rotatable bonds is 7. The Hall–Kier alpha value is -4.52. The molecule has 0 aliphatic rings. The van der Waals surface area contributed by atoms with E-state index in [1.54, 1.807) is 21.9 Å². The first kappa shape index (κ1) is 22.3. The number of carbonyl (C=O) groups is 1. The van der Waals surface area contributed by atoms with Crippen molar-refractivity contribution in [3.05, 3.63) is 119 Å². The van der Waals surface area contributed by atoms with Gasteiger partial charge in [0.15, 0.2) is 0 Å². The molecule has 174 valence electrons. The van der Waals surface area contributed by atoms with Crippen LogP contribution >= 0.6 is 0 Å². The molecule has 5 rings (SSSR count). The van der Waals surface area contributed by atoms with Crippen LogP contribution in [-0.2, 0) is 13.1 Å². The lowest BCUT2D eigenvalue weighted by Gasteiger charge is -2.11. The van der Waals surface area contributed by atoms with Crippen molar-refractivity contribution in [2.75, 3.05) is 0 Å². The number of amides is 1. The third kappa shape index (κ3) is 4.89. The van der Waals surface area contributed by atoms with Crippen LogP contribution in [0.25, 0.3) is 16.9 Å². The minimum absolute atomic E-state index is 0.169. The minimum Gasteiger partial charge on any atom is -0.348 e. The number of para-hydroxylation sites is 1. The zero-order valence-corrected chi connectivity index (χ0v) is 19.7. The van der Waals surface area contributed by atoms with Gasteiger partial charge < -0.3 is 5.32 Å². The van der Waals surface area contributed by atoms with Crippen molar-refractivity contribution < 1.29 is 4.79 Å². The van der Waals surface area contributed by atoms with Gasteiger partial charge in [-0.2, -0.15) is 10.2 Å². The Morgan fingerprint density at radius 3 is 2.46 bits per heavy atom. The Balaban J connectivity index is 1.45. The van der Waals surface area contributed by atoms with Gasteiger partial charge in [0.05, 0.1) is 17.8 Å². The molecule has 0 aliphatic heterocycles. The molecule has 7 nitrogen and oxygen atoms in total. The third-order valence-corrected chi connectivity index (χ3v) is 5.97. The highest BCUT2D eigenvalue weighted by molar-refractivity contribution is 6.00. The number of aromatic nitrogens is 5. The zero-order valence-electron chi connectivity index (χ0n) is 19.7. The van der Waals surface area contributed by atoms with Crippen molar-refractivity contribution in [1.82, 2.24) is 29.9 Å². The number of hydrogen-bond acceptors (Lipinski definition) is 4. The lowest BCUT2D eigenvalue weighted by molar-refractivity contribution is 0.0951. The first-order chi connectivity index (χ1) is 17.1. The van der Waals surface area contributed by atoms with Crippen LogP contribution in [0.2, 0.25) is 0 Å². The Morgan fingerprint density at radius 2 is 1.71 bits per heavy atom. The van der Waals surface area contributed by atoms with E-state index in [0.29, 0.717) is 24.3 Å². The van der Waals surface area contributed by atoms with E-state index in [9.17, 15) is 4.79 Å². The summed E-state index contributed by atoms with van der Waals surface area (Å²) in [7, 11) is 0. The molecule has 0 radical (unpaired) electrons. The maximum Gasteiger partial charge on any atom is 0.255 e. The van der Waals surface area contributed by atoms with Gasteiger partial charge in [-0.3, -0.25) is 4.79 Å².